The number of hydrogen-bond donors (Lipinski definition) is 1. The van der Waals surface area contributed by atoms with Crippen LogP contribution in [0.5, 0.6) is 5.75 Å². The molecule has 0 heterocycles. The highest BCUT2D eigenvalue weighted by Gasteiger charge is 1.96. The van der Waals surface area contributed by atoms with Gasteiger partial charge in [-0.2, -0.15) is 10.2 Å². The first-order valence-corrected chi connectivity index (χ1v) is 8.66. The van der Waals surface area contributed by atoms with Gasteiger partial charge in [0.05, 0.1) is 18.0 Å². The molecule has 2 rings (SSSR count). The number of benzene rings is 2. The van der Waals surface area contributed by atoms with E-state index >= 15 is 0 Å². The summed E-state index contributed by atoms with van der Waals surface area (Å²) in [6.45, 7) is 2.54. The van der Waals surface area contributed by atoms with Gasteiger partial charge in [-0.25, -0.2) is 0 Å². The predicted octanol–water partition coefficient (Wildman–Crippen LogP) is 5.60. The van der Waals surface area contributed by atoms with E-state index < -0.39 is 0 Å². The number of nitrogens with zero attached hydrogens (tertiary/aromatic N) is 2. The van der Waals surface area contributed by atoms with Crippen molar-refractivity contribution in [2.75, 3.05) is 13.2 Å². The van der Waals surface area contributed by atoms with Crippen LogP contribution >= 0.6 is 0 Å². The highest BCUT2D eigenvalue weighted by molar-refractivity contribution is 5.43. The summed E-state index contributed by atoms with van der Waals surface area (Å²) in [5, 5.41) is 17.2. The number of aliphatic hydroxyl groups is 1. The normalized spacial score (nSPS) is 11.1. The zero-order chi connectivity index (χ0) is 17.0. The molecule has 0 bridgehead atoms. The Hall–Kier alpha value is -2.20. The van der Waals surface area contributed by atoms with Crippen molar-refractivity contribution < 1.29 is 9.84 Å². The summed E-state index contributed by atoms with van der Waals surface area (Å²) in [6, 6.07) is 15.6. The zero-order valence-electron chi connectivity index (χ0n) is 14.3. The van der Waals surface area contributed by atoms with Crippen LogP contribution in [0.25, 0.3) is 0 Å². The maximum atomic E-state index is 8.73. The van der Waals surface area contributed by atoms with Crippen molar-refractivity contribution in [1.82, 2.24) is 0 Å². The van der Waals surface area contributed by atoms with Crippen LogP contribution < -0.4 is 4.74 Å². The summed E-state index contributed by atoms with van der Waals surface area (Å²) in [5.74, 6) is 0.718. The summed E-state index contributed by atoms with van der Waals surface area (Å²) in [5.41, 5.74) is 2.98. The number of aryl methyl sites for hydroxylation is 1. The highest BCUT2D eigenvalue weighted by atomic mass is 16.5. The Morgan fingerprint density at radius 1 is 0.833 bits per heavy atom. The molecule has 2 aromatic rings. The lowest BCUT2D eigenvalue weighted by Crippen LogP contribution is -2.00. The number of azo groups is 1. The number of ether oxygens (including phenoxy) is 1. The van der Waals surface area contributed by atoms with Gasteiger partial charge in [-0.05, 0) is 54.8 Å². The van der Waals surface area contributed by atoms with Gasteiger partial charge >= 0.3 is 0 Å². The smallest absolute Gasteiger partial charge is 0.119 e. The molecule has 0 unspecified atom stereocenters. The van der Waals surface area contributed by atoms with Crippen molar-refractivity contribution in [3.63, 3.8) is 0 Å². The van der Waals surface area contributed by atoms with Crippen LogP contribution in [0.4, 0.5) is 11.4 Å². The Morgan fingerprint density at radius 2 is 1.46 bits per heavy atom. The first-order chi connectivity index (χ1) is 11.8. The lowest BCUT2D eigenvalue weighted by Gasteiger charge is -2.03. The monoisotopic (exact) mass is 326 g/mol. The summed E-state index contributed by atoms with van der Waals surface area (Å²) in [4.78, 5) is 0. The van der Waals surface area contributed by atoms with Gasteiger partial charge in [0.15, 0.2) is 0 Å². The van der Waals surface area contributed by atoms with Gasteiger partial charge in [0.25, 0.3) is 0 Å². The first kappa shape index (κ1) is 18.1. The van der Waals surface area contributed by atoms with Crippen LogP contribution in [0.2, 0.25) is 0 Å². The van der Waals surface area contributed by atoms with E-state index in [1.165, 1.54) is 31.2 Å². The fourth-order valence-electron chi connectivity index (χ4n) is 2.37. The molecule has 24 heavy (non-hydrogen) atoms. The average molecular weight is 326 g/mol. The van der Waals surface area contributed by atoms with E-state index in [1.807, 2.05) is 36.4 Å². The van der Waals surface area contributed by atoms with Crippen LogP contribution in [0, 0.1) is 0 Å². The molecule has 0 saturated carbocycles. The lowest BCUT2D eigenvalue weighted by molar-refractivity contribution is 0.201. The predicted molar refractivity (Wildman–Crippen MR) is 97.5 cm³/mol. The molecule has 0 aliphatic rings. The standard InChI is InChI=1S/C20H26N2O2/c1-2-3-4-5-6-17-7-9-18(10-8-17)21-22-19-11-13-20(14-12-19)24-16-15-23/h7-14,23H,2-6,15-16H2,1H3. The summed E-state index contributed by atoms with van der Waals surface area (Å²) < 4.78 is 5.31. The molecule has 4 heteroatoms. The fraction of sp³-hybridized carbons (Fsp3) is 0.400. The molecule has 0 radical (unpaired) electrons. The van der Waals surface area contributed by atoms with Gasteiger partial charge in [0.2, 0.25) is 0 Å². The molecule has 0 aromatic heterocycles. The van der Waals surface area contributed by atoms with E-state index in [0.717, 1.165) is 23.5 Å². The molecule has 2 aromatic carbocycles. The maximum Gasteiger partial charge on any atom is 0.119 e. The molecule has 0 saturated heterocycles. The molecule has 128 valence electrons. The third-order valence-corrected chi connectivity index (χ3v) is 3.73. The molecular formula is C20H26N2O2. The van der Waals surface area contributed by atoms with Crippen molar-refractivity contribution in [2.24, 2.45) is 10.2 Å². The van der Waals surface area contributed by atoms with Crippen LogP contribution in [0.3, 0.4) is 0 Å². The lowest BCUT2D eigenvalue weighted by atomic mass is 10.1. The summed E-state index contributed by atoms with van der Waals surface area (Å²) in [6.07, 6.45) is 6.27. The highest BCUT2D eigenvalue weighted by Crippen LogP contribution is 2.22. The Kier molecular flexibility index (Phi) is 7.98. The molecule has 0 spiro atoms. The average Bonchev–Trinajstić information content (AvgIpc) is 2.64. The van der Waals surface area contributed by atoms with E-state index in [9.17, 15) is 0 Å². The van der Waals surface area contributed by atoms with Crippen molar-refractivity contribution in [1.29, 1.82) is 0 Å². The van der Waals surface area contributed by atoms with Crippen LogP contribution in [0.15, 0.2) is 58.8 Å². The van der Waals surface area contributed by atoms with Gasteiger partial charge in [0.1, 0.15) is 12.4 Å². The minimum atomic E-state index is 0.00998. The third-order valence-electron chi connectivity index (χ3n) is 3.73. The van der Waals surface area contributed by atoms with Crippen LogP contribution in [0.1, 0.15) is 38.2 Å². The number of unbranched alkanes of at least 4 members (excludes halogenated alkanes) is 3. The minimum Gasteiger partial charge on any atom is -0.491 e. The van der Waals surface area contributed by atoms with E-state index in [4.69, 9.17) is 9.84 Å². The number of hydrogen-bond acceptors (Lipinski definition) is 4. The third kappa shape index (κ3) is 6.50. The number of rotatable bonds is 10. The van der Waals surface area contributed by atoms with Crippen molar-refractivity contribution in [2.45, 2.75) is 39.0 Å². The van der Waals surface area contributed by atoms with Crippen molar-refractivity contribution in [3.05, 3.63) is 54.1 Å². The minimum absolute atomic E-state index is 0.00998. The summed E-state index contributed by atoms with van der Waals surface area (Å²) in [7, 11) is 0. The molecule has 0 fully saturated rings. The second-order valence-corrected chi connectivity index (χ2v) is 5.74. The SMILES string of the molecule is CCCCCCc1ccc(N=Nc2ccc(OCCO)cc2)cc1. The Morgan fingerprint density at radius 3 is 2.04 bits per heavy atom. The molecule has 0 aliphatic heterocycles. The number of aliphatic hydroxyl groups excluding tert-OH is 1. The Bertz CT molecular complexity index is 607. The van der Waals surface area contributed by atoms with Gasteiger partial charge < -0.3 is 9.84 Å². The molecular weight excluding hydrogens is 300 g/mol. The molecule has 4 nitrogen and oxygen atoms in total. The Labute approximate surface area is 144 Å². The maximum absolute atomic E-state index is 8.73. The van der Waals surface area contributed by atoms with Gasteiger partial charge in [-0.3, -0.25) is 0 Å². The molecule has 1 N–H and O–H groups in total. The van der Waals surface area contributed by atoms with Crippen molar-refractivity contribution >= 4 is 11.4 Å². The van der Waals surface area contributed by atoms with E-state index in [0.29, 0.717) is 6.61 Å². The van der Waals surface area contributed by atoms with Crippen LogP contribution in [-0.2, 0) is 6.42 Å². The molecule has 0 atom stereocenters. The van der Waals surface area contributed by atoms with E-state index in [2.05, 4.69) is 29.3 Å². The molecule has 0 amide bonds. The largest absolute Gasteiger partial charge is 0.491 e. The van der Waals surface area contributed by atoms with E-state index in [-0.39, 0.29) is 6.61 Å². The fourth-order valence-corrected chi connectivity index (χ4v) is 2.37. The molecule has 0 aliphatic carbocycles. The second kappa shape index (κ2) is 10.6. The topological polar surface area (TPSA) is 54.2 Å². The van der Waals surface area contributed by atoms with Gasteiger partial charge in [0, 0.05) is 0 Å². The van der Waals surface area contributed by atoms with Crippen LogP contribution in [-0.4, -0.2) is 18.3 Å². The van der Waals surface area contributed by atoms with Gasteiger partial charge in [-0.15, -0.1) is 0 Å². The first-order valence-electron chi connectivity index (χ1n) is 8.66. The zero-order valence-corrected chi connectivity index (χ0v) is 14.3. The summed E-state index contributed by atoms with van der Waals surface area (Å²) >= 11 is 0. The second-order valence-electron chi connectivity index (χ2n) is 5.74. The Balaban J connectivity index is 1.85. The quantitative estimate of drug-likeness (QED) is 0.456. The van der Waals surface area contributed by atoms with E-state index in [1.54, 1.807) is 0 Å². The van der Waals surface area contributed by atoms with Gasteiger partial charge in [-0.1, -0.05) is 38.3 Å². The van der Waals surface area contributed by atoms with Crippen molar-refractivity contribution in [3.8, 4) is 5.75 Å².